The lowest BCUT2D eigenvalue weighted by Crippen LogP contribution is -2.36. The van der Waals surface area contributed by atoms with Gasteiger partial charge in [0, 0.05) is 43.5 Å². The molecule has 1 fully saturated rings. The molecule has 7 nitrogen and oxygen atoms in total. The molecule has 32 heavy (non-hydrogen) atoms. The Labute approximate surface area is 187 Å². The van der Waals surface area contributed by atoms with E-state index >= 15 is 0 Å². The van der Waals surface area contributed by atoms with E-state index in [1.807, 2.05) is 26.8 Å². The van der Waals surface area contributed by atoms with Gasteiger partial charge in [-0.2, -0.15) is 0 Å². The quantitative estimate of drug-likeness (QED) is 0.660. The first-order chi connectivity index (χ1) is 15.4. The third-order valence-corrected chi connectivity index (χ3v) is 5.67. The van der Waals surface area contributed by atoms with Crippen LogP contribution in [0.1, 0.15) is 57.7 Å². The predicted octanol–water partition coefficient (Wildman–Crippen LogP) is 3.64. The van der Waals surface area contributed by atoms with Gasteiger partial charge in [-0.1, -0.05) is 12.1 Å². The number of nitrogens with one attached hydrogen (secondary N) is 1. The molecule has 0 aliphatic carbocycles. The van der Waals surface area contributed by atoms with Crippen molar-refractivity contribution in [2.75, 3.05) is 18.0 Å². The van der Waals surface area contributed by atoms with Crippen LogP contribution in [0.2, 0.25) is 0 Å². The summed E-state index contributed by atoms with van der Waals surface area (Å²) < 4.78 is 13.0. The summed E-state index contributed by atoms with van der Waals surface area (Å²) in [4.78, 5) is 33.0. The largest absolute Gasteiger partial charge is 0.356 e. The predicted molar refractivity (Wildman–Crippen MR) is 120 cm³/mol. The molecule has 3 heterocycles. The van der Waals surface area contributed by atoms with E-state index in [0.717, 1.165) is 54.7 Å². The highest BCUT2D eigenvalue weighted by atomic mass is 19.1. The van der Waals surface area contributed by atoms with Crippen molar-refractivity contribution in [2.45, 2.75) is 46.1 Å². The number of carbonyl (C=O) groups excluding carboxylic acids is 1. The van der Waals surface area contributed by atoms with Crippen molar-refractivity contribution < 1.29 is 9.18 Å². The number of nitrogens with zero attached hydrogens (tertiary/aromatic N) is 5. The molecule has 1 atom stereocenters. The lowest BCUT2D eigenvalue weighted by atomic mass is 9.96. The van der Waals surface area contributed by atoms with E-state index in [2.05, 4.69) is 30.2 Å². The zero-order valence-corrected chi connectivity index (χ0v) is 18.6. The Hall–Kier alpha value is -3.42. The summed E-state index contributed by atoms with van der Waals surface area (Å²) in [6.45, 7) is 7.75. The van der Waals surface area contributed by atoms with Crippen LogP contribution < -0.4 is 10.2 Å². The minimum atomic E-state index is -0.300. The molecule has 0 radical (unpaired) electrons. The van der Waals surface area contributed by atoms with Crippen molar-refractivity contribution in [2.24, 2.45) is 0 Å². The summed E-state index contributed by atoms with van der Waals surface area (Å²) in [5.74, 6) is 2.10. The van der Waals surface area contributed by atoms with Crippen molar-refractivity contribution in [3.63, 3.8) is 0 Å². The molecule has 0 unspecified atom stereocenters. The third-order valence-electron chi connectivity index (χ3n) is 5.67. The number of piperidine rings is 1. The Morgan fingerprint density at radius 2 is 1.94 bits per heavy atom. The maximum Gasteiger partial charge on any atom is 0.254 e. The molecular formula is C24H27FN6O. The van der Waals surface area contributed by atoms with Crippen LogP contribution in [0.4, 0.5) is 10.2 Å². The highest BCUT2D eigenvalue weighted by Gasteiger charge is 2.25. The van der Waals surface area contributed by atoms with Crippen LogP contribution >= 0.6 is 0 Å². The summed E-state index contributed by atoms with van der Waals surface area (Å²) >= 11 is 0. The van der Waals surface area contributed by atoms with Gasteiger partial charge in [0.05, 0.1) is 11.3 Å². The molecule has 8 heteroatoms. The number of hydrogen-bond acceptors (Lipinski definition) is 6. The van der Waals surface area contributed by atoms with Crippen molar-refractivity contribution in [3.05, 3.63) is 76.5 Å². The fraction of sp³-hybridized carbons (Fsp3) is 0.375. The second-order valence-electron chi connectivity index (χ2n) is 8.24. The fourth-order valence-electron chi connectivity index (χ4n) is 4.04. The monoisotopic (exact) mass is 434 g/mol. The normalized spacial score (nSPS) is 16.1. The Morgan fingerprint density at radius 3 is 2.66 bits per heavy atom. The van der Waals surface area contributed by atoms with Gasteiger partial charge in [-0.25, -0.2) is 24.3 Å². The van der Waals surface area contributed by atoms with Crippen molar-refractivity contribution >= 4 is 11.7 Å². The van der Waals surface area contributed by atoms with Crippen LogP contribution in [-0.4, -0.2) is 38.9 Å². The van der Waals surface area contributed by atoms with Crippen molar-refractivity contribution in [1.29, 1.82) is 0 Å². The van der Waals surface area contributed by atoms with E-state index in [-0.39, 0.29) is 17.6 Å². The van der Waals surface area contributed by atoms with Crippen LogP contribution in [0.25, 0.3) is 0 Å². The molecule has 0 bridgehead atoms. The van der Waals surface area contributed by atoms with E-state index in [9.17, 15) is 9.18 Å². The van der Waals surface area contributed by atoms with Crippen molar-refractivity contribution in [3.8, 4) is 0 Å². The number of amides is 1. The van der Waals surface area contributed by atoms with E-state index < -0.39 is 0 Å². The zero-order chi connectivity index (χ0) is 22.7. The lowest BCUT2D eigenvalue weighted by molar-refractivity contribution is 0.0949. The molecule has 1 N–H and O–H groups in total. The van der Waals surface area contributed by atoms with Gasteiger partial charge in [0.2, 0.25) is 0 Å². The summed E-state index contributed by atoms with van der Waals surface area (Å²) in [7, 11) is 0. The van der Waals surface area contributed by atoms with Gasteiger partial charge >= 0.3 is 0 Å². The van der Waals surface area contributed by atoms with E-state index in [1.54, 1.807) is 18.3 Å². The molecule has 2 aromatic heterocycles. The third kappa shape index (κ3) is 5.07. The van der Waals surface area contributed by atoms with Crippen LogP contribution in [0.5, 0.6) is 0 Å². The van der Waals surface area contributed by atoms with Gasteiger partial charge in [-0.05, 0) is 51.3 Å². The Balaban J connectivity index is 1.43. The van der Waals surface area contributed by atoms with Crippen LogP contribution in [0.3, 0.4) is 0 Å². The molecule has 1 aliphatic rings. The summed E-state index contributed by atoms with van der Waals surface area (Å²) in [6.07, 6.45) is 3.62. The van der Waals surface area contributed by atoms with Gasteiger partial charge in [0.25, 0.3) is 5.91 Å². The number of aryl methyl sites for hydroxylation is 3. The molecule has 0 spiro atoms. The number of benzene rings is 1. The number of hydrogen-bond donors (Lipinski definition) is 1. The van der Waals surface area contributed by atoms with Gasteiger partial charge in [-0.3, -0.25) is 4.79 Å². The summed E-state index contributed by atoms with van der Waals surface area (Å²) in [6, 6.07) is 8.07. The first kappa shape index (κ1) is 21.8. The highest BCUT2D eigenvalue weighted by molar-refractivity contribution is 5.94. The van der Waals surface area contributed by atoms with Crippen molar-refractivity contribution in [1.82, 2.24) is 25.3 Å². The standard InChI is InChI=1S/C24H27FN6O/c1-15-11-22(30-17(3)28-15)31-10-4-5-19(14-31)23-26-13-21(16(2)29-23)24(32)27-12-18-6-8-20(25)9-7-18/h6-9,11,13,19H,4-5,10,12,14H2,1-3H3,(H,27,32)/t19-/m1/s1. The first-order valence-corrected chi connectivity index (χ1v) is 10.8. The van der Waals surface area contributed by atoms with Gasteiger partial charge in [0.15, 0.2) is 0 Å². The van der Waals surface area contributed by atoms with Crippen LogP contribution in [0, 0.1) is 26.6 Å². The molecule has 166 valence electrons. The second kappa shape index (κ2) is 9.38. The first-order valence-electron chi connectivity index (χ1n) is 10.8. The maximum atomic E-state index is 13.0. The van der Waals surface area contributed by atoms with E-state index in [4.69, 9.17) is 0 Å². The zero-order valence-electron chi connectivity index (χ0n) is 18.6. The maximum absolute atomic E-state index is 13.0. The number of rotatable bonds is 5. The number of carbonyl (C=O) groups is 1. The van der Waals surface area contributed by atoms with E-state index in [0.29, 0.717) is 17.8 Å². The summed E-state index contributed by atoms with van der Waals surface area (Å²) in [5.41, 5.74) is 2.88. The molecule has 1 aliphatic heterocycles. The Morgan fingerprint density at radius 1 is 1.16 bits per heavy atom. The van der Waals surface area contributed by atoms with Gasteiger partial charge in [-0.15, -0.1) is 0 Å². The number of halogens is 1. The van der Waals surface area contributed by atoms with E-state index in [1.165, 1.54) is 12.1 Å². The molecular weight excluding hydrogens is 407 g/mol. The van der Waals surface area contributed by atoms with Crippen LogP contribution in [0.15, 0.2) is 36.5 Å². The Bertz CT molecular complexity index is 1100. The highest BCUT2D eigenvalue weighted by Crippen LogP contribution is 2.28. The lowest BCUT2D eigenvalue weighted by Gasteiger charge is -2.33. The molecule has 1 amide bonds. The van der Waals surface area contributed by atoms with Gasteiger partial charge < -0.3 is 10.2 Å². The average Bonchev–Trinajstić information content (AvgIpc) is 2.78. The fourth-order valence-corrected chi connectivity index (χ4v) is 4.04. The molecule has 0 saturated carbocycles. The molecule has 4 rings (SSSR count). The molecule has 3 aromatic rings. The topological polar surface area (TPSA) is 83.9 Å². The smallest absolute Gasteiger partial charge is 0.254 e. The van der Waals surface area contributed by atoms with Crippen LogP contribution in [-0.2, 0) is 6.54 Å². The number of aromatic nitrogens is 4. The second-order valence-corrected chi connectivity index (χ2v) is 8.24. The SMILES string of the molecule is Cc1cc(N2CCC[C@@H](c3ncc(C(=O)NCc4ccc(F)cc4)c(C)n3)C2)nc(C)n1. The molecule has 1 aromatic carbocycles. The number of anilines is 1. The average molecular weight is 435 g/mol. The molecule has 1 saturated heterocycles. The van der Waals surface area contributed by atoms with Gasteiger partial charge in [0.1, 0.15) is 23.3 Å². The minimum absolute atomic E-state index is 0.175. The minimum Gasteiger partial charge on any atom is -0.356 e. The Kier molecular flexibility index (Phi) is 6.39. The summed E-state index contributed by atoms with van der Waals surface area (Å²) in [5, 5.41) is 2.85.